The molecule has 4 heteroatoms. The fraction of sp³-hybridized carbons (Fsp3) is 0.0500. The summed E-state index contributed by atoms with van der Waals surface area (Å²) in [6.45, 7) is 0. The van der Waals surface area contributed by atoms with E-state index in [1.54, 1.807) is 19.2 Å². The van der Waals surface area contributed by atoms with E-state index in [2.05, 4.69) is 0 Å². The van der Waals surface area contributed by atoms with Gasteiger partial charge in [0.25, 0.3) is 0 Å². The molecule has 0 atom stereocenters. The van der Waals surface area contributed by atoms with E-state index in [0.29, 0.717) is 0 Å². The summed E-state index contributed by atoms with van der Waals surface area (Å²) in [6, 6.07) is 18.2. The van der Waals surface area contributed by atoms with Crippen molar-refractivity contribution in [3.05, 3.63) is 78.9 Å². The molecule has 4 aromatic rings. The van der Waals surface area contributed by atoms with Crippen LogP contribution in [0.25, 0.3) is 28.0 Å². The number of nitrogens with zero attached hydrogens (tertiary/aromatic N) is 2. The van der Waals surface area contributed by atoms with Gasteiger partial charge in [-0.25, -0.2) is 9.37 Å². The first-order chi connectivity index (χ1) is 11.7. The number of ether oxygens (including phenoxy) is 1. The van der Waals surface area contributed by atoms with E-state index in [1.165, 1.54) is 12.1 Å². The summed E-state index contributed by atoms with van der Waals surface area (Å²) in [4.78, 5) is 4.77. The number of pyridine rings is 1. The minimum absolute atomic E-state index is 0.244. The van der Waals surface area contributed by atoms with Crippen molar-refractivity contribution in [2.75, 3.05) is 7.11 Å². The molecule has 0 N–H and O–H groups in total. The molecule has 0 radical (unpaired) electrons. The van der Waals surface area contributed by atoms with Gasteiger partial charge in [-0.1, -0.05) is 24.3 Å². The third-order valence-corrected chi connectivity index (χ3v) is 4.00. The molecular formula is C20H15FN2O. The number of hydrogen-bond donors (Lipinski definition) is 0. The zero-order valence-corrected chi connectivity index (χ0v) is 13.1. The number of fused-ring (bicyclic) bond motifs is 1. The van der Waals surface area contributed by atoms with Crippen molar-refractivity contribution < 1.29 is 9.13 Å². The summed E-state index contributed by atoms with van der Waals surface area (Å²) < 4.78 is 20.4. The highest BCUT2D eigenvalue weighted by Crippen LogP contribution is 2.28. The Balaban J connectivity index is 1.86. The van der Waals surface area contributed by atoms with Gasteiger partial charge in [-0.3, -0.25) is 0 Å². The lowest BCUT2D eigenvalue weighted by atomic mass is 10.1. The monoisotopic (exact) mass is 318 g/mol. The molecule has 0 spiro atoms. The number of benzene rings is 2. The summed E-state index contributed by atoms with van der Waals surface area (Å²) in [7, 11) is 1.65. The third-order valence-electron chi connectivity index (χ3n) is 4.00. The molecule has 2 heterocycles. The van der Waals surface area contributed by atoms with Crippen LogP contribution in [0.3, 0.4) is 0 Å². The summed E-state index contributed by atoms with van der Waals surface area (Å²) in [5.41, 5.74) is 4.59. The SMILES string of the molecule is COc1cccc(-c2cn3cccc(-c4ccc(F)cc4)c3n2)c1. The number of aromatic nitrogens is 2. The van der Waals surface area contributed by atoms with Crippen molar-refractivity contribution in [3.63, 3.8) is 0 Å². The van der Waals surface area contributed by atoms with Gasteiger partial charge in [0.15, 0.2) is 0 Å². The average molecular weight is 318 g/mol. The largest absolute Gasteiger partial charge is 0.497 e. The quantitative estimate of drug-likeness (QED) is 0.541. The van der Waals surface area contributed by atoms with Crippen LogP contribution in [-0.2, 0) is 0 Å². The predicted octanol–water partition coefficient (Wildman–Crippen LogP) is 4.82. The van der Waals surface area contributed by atoms with E-state index < -0.39 is 0 Å². The second-order valence-electron chi connectivity index (χ2n) is 5.52. The van der Waals surface area contributed by atoms with Crippen LogP contribution in [0.4, 0.5) is 4.39 Å². The summed E-state index contributed by atoms with van der Waals surface area (Å²) in [6.07, 6.45) is 3.94. The molecule has 4 rings (SSSR count). The fourth-order valence-electron chi connectivity index (χ4n) is 2.79. The van der Waals surface area contributed by atoms with E-state index in [1.807, 2.05) is 53.2 Å². The zero-order chi connectivity index (χ0) is 16.5. The molecule has 24 heavy (non-hydrogen) atoms. The maximum atomic E-state index is 13.2. The lowest BCUT2D eigenvalue weighted by Crippen LogP contribution is -1.87. The van der Waals surface area contributed by atoms with E-state index in [0.717, 1.165) is 33.8 Å². The van der Waals surface area contributed by atoms with Crippen molar-refractivity contribution in [2.24, 2.45) is 0 Å². The molecule has 118 valence electrons. The number of rotatable bonds is 3. The van der Waals surface area contributed by atoms with E-state index >= 15 is 0 Å². The number of halogens is 1. The molecule has 0 saturated carbocycles. The Hall–Kier alpha value is -3.14. The van der Waals surface area contributed by atoms with Gasteiger partial charge >= 0.3 is 0 Å². The minimum Gasteiger partial charge on any atom is -0.497 e. The molecule has 0 aliphatic rings. The minimum atomic E-state index is -0.244. The average Bonchev–Trinajstić information content (AvgIpc) is 3.07. The van der Waals surface area contributed by atoms with Crippen molar-refractivity contribution in [2.45, 2.75) is 0 Å². The predicted molar refractivity (Wildman–Crippen MR) is 92.6 cm³/mol. The molecular weight excluding hydrogens is 303 g/mol. The Bertz CT molecular complexity index is 1010. The van der Waals surface area contributed by atoms with E-state index in [4.69, 9.17) is 9.72 Å². The summed E-state index contributed by atoms with van der Waals surface area (Å²) in [5.74, 6) is 0.550. The molecule has 2 aromatic carbocycles. The summed E-state index contributed by atoms with van der Waals surface area (Å²) >= 11 is 0. The van der Waals surface area contributed by atoms with E-state index in [9.17, 15) is 4.39 Å². The topological polar surface area (TPSA) is 26.5 Å². The Morgan fingerprint density at radius 1 is 0.958 bits per heavy atom. The highest BCUT2D eigenvalue weighted by Gasteiger charge is 2.10. The highest BCUT2D eigenvalue weighted by atomic mass is 19.1. The van der Waals surface area contributed by atoms with Crippen molar-refractivity contribution in [1.29, 1.82) is 0 Å². The fourth-order valence-corrected chi connectivity index (χ4v) is 2.79. The Kier molecular flexibility index (Phi) is 3.50. The Morgan fingerprint density at radius 3 is 2.58 bits per heavy atom. The van der Waals surface area contributed by atoms with Crippen LogP contribution in [-0.4, -0.2) is 16.5 Å². The molecule has 3 nitrogen and oxygen atoms in total. The van der Waals surface area contributed by atoms with Crippen LogP contribution >= 0.6 is 0 Å². The molecule has 0 saturated heterocycles. The maximum Gasteiger partial charge on any atom is 0.145 e. The normalized spacial score (nSPS) is 10.9. The molecule has 2 aromatic heterocycles. The second-order valence-corrected chi connectivity index (χ2v) is 5.52. The Morgan fingerprint density at radius 2 is 1.79 bits per heavy atom. The molecule has 0 aliphatic heterocycles. The van der Waals surface area contributed by atoms with Gasteiger partial charge in [-0.05, 0) is 42.0 Å². The number of imidazole rings is 1. The van der Waals surface area contributed by atoms with E-state index in [-0.39, 0.29) is 5.82 Å². The van der Waals surface area contributed by atoms with Crippen LogP contribution in [0.5, 0.6) is 5.75 Å². The van der Waals surface area contributed by atoms with Crippen LogP contribution in [0.15, 0.2) is 73.1 Å². The Labute approximate surface area is 139 Å². The van der Waals surface area contributed by atoms with Gasteiger partial charge in [0.1, 0.15) is 17.2 Å². The van der Waals surface area contributed by atoms with Crippen LogP contribution < -0.4 is 4.74 Å². The van der Waals surface area contributed by atoms with Gasteiger partial charge in [0.05, 0.1) is 12.8 Å². The number of hydrogen-bond acceptors (Lipinski definition) is 2. The maximum absolute atomic E-state index is 13.2. The first kappa shape index (κ1) is 14.5. The van der Waals surface area contributed by atoms with Gasteiger partial charge in [-0.15, -0.1) is 0 Å². The third kappa shape index (κ3) is 2.52. The zero-order valence-electron chi connectivity index (χ0n) is 13.1. The standard InChI is InChI=1S/C20H15FN2O/c1-24-17-5-2-4-15(12-17)19-13-23-11-3-6-18(20(23)22-19)14-7-9-16(21)10-8-14/h2-13H,1H3. The second kappa shape index (κ2) is 5.81. The number of methoxy groups -OCH3 is 1. The van der Waals surface area contributed by atoms with Gasteiger partial charge < -0.3 is 9.14 Å². The van der Waals surface area contributed by atoms with Gasteiger partial charge in [0.2, 0.25) is 0 Å². The van der Waals surface area contributed by atoms with Gasteiger partial charge in [0, 0.05) is 23.5 Å². The van der Waals surface area contributed by atoms with Crippen molar-refractivity contribution >= 4 is 5.65 Å². The lowest BCUT2D eigenvalue weighted by Gasteiger charge is -2.03. The first-order valence-corrected chi connectivity index (χ1v) is 7.63. The lowest BCUT2D eigenvalue weighted by molar-refractivity contribution is 0.415. The molecule has 0 unspecified atom stereocenters. The molecule has 0 bridgehead atoms. The molecule has 0 amide bonds. The van der Waals surface area contributed by atoms with Gasteiger partial charge in [-0.2, -0.15) is 0 Å². The first-order valence-electron chi connectivity index (χ1n) is 7.63. The smallest absolute Gasteiger partial charge is 0.145 e. The van der Waals surface area contributed by atoms with Crippen LogP contribution in [0.2, 0.25) is 0 Å². The van der Waals surface area contributed by atoms with Crippen molar-refractivity contribution in [1.82, 2.24) is 9.38 Å². The molecule has 0 aliphatic carbocycles. The van der Waals surface area contributed by atoms with Crippen LogP contribution in [0.1, 0.15) is 0 Å². The van der Waals surface area contributed by atoms with Crippen molar-refractivity contribution in [3.8, 4) is 28.1 Å². The molecule has 0 fully saturated rings. The highest BCUT2D eigenvalue weighted by molar-refractivity contribution is 5.79. The van der Waals surface area contributed by atoms with Crippen LogP contribution in [0, 0.1) is 5.82 Å². The summed E-state index contributed by atoms with van der Waals surface area (Å²) in [5, 5.41) is 0.